The predicted octanol–water partition coefficient (Wildman–Crippen LogP) is 2.05. The summed E-state index contributed by atoms with van der Waals surface area (Å²) in [7, 11) is 0. The molecule has 19 heavy (non-hydrogen) atoms. The third-order valence-corrected chi connectivity index (χ3v) is 3.16. The van der Waals surface area contributed by atoms with Crippen LogP contribution in [0.5, 0.6) is 0 Å². The van der Waals surface area contributed by atoms with E-state index in [2.05, 4.69) is 5.32 Å². The van der Waals surface area contributed by atoms with Gasteiger partial charge in [-0.15, -0.1) is 0 Å². The molecule has 0 aliphatic carbocycles. The molecule has 0 heterocycles. The van der Waals surface area contributed by atoms with Gasteiger partial charge in [0.25, 0.3) is 5.91 Å². The Morgan fingerprint density at radius 3 is 2.26 bits per heavy atom. The maximum atomic E-state index is 12.1. The molecule has 0 saturated carbocycles. The lowest BCUT2D eigenvalue weighted by Crippen LogP contribution is -2.49. The number of hydrogen-bond acceptors (Lipinski definition) is 3. The number of nitriles is 1. The maximum absolute atomic E-state index is 12.1. The molecule has 1 amide bonds. The maximum Gasteiger partial charge on any atom is 0.336 e. The van der Waals surface area contributed by atoms with Crippen LogP contribution < -0.4 is 5.32 Å². The molecule has 100 valence electrons. The molecule has 1 aromatic rings. The van der Waals surface area contributed by atoms with E-state index >= 15 is 0 Å². The molecule has 5 heteroatoms. The van der Waals surface area contributed by atoms with E-state index in [4.69, 9.17) is 10.4 Å². The largest absolute Gasteiger partial charge is 0.478 e. The molecule has 0 saturated heterocycles. The molecule has 1 rings (SSSR count). The smallest absolute Gasteiger partial charge is 0.336 e. The van der Waals surface area contributed by atoms with Crippen LogP contribution in [-0.2, 0) is 0 Å². The molecule has 0 unspecified atom stereocenters. The lowest BCUT2D eigenvalue weighted by atomic mass is 9.89. The van der Waals surface area contributed by atoms with Gasteiger partial charge in [0.15, 0.2) is 0 Å². The van der Waals surface area contributed by atoms with Crippen molar-refractivity contribution in [1.29, 1.82) is 5.26 Å². The summed E-state index contributed by atoms with van der Waals surface area (Å²) in [6.07, 6.45) is 0. The van der Waals surface area contributed by atoms with Crippen LogP contribution in [0.15, 0.2) is 24.3 Å². The number of carboxylic acid groups (broad SMARTS) is 1. The minimum absolute atomic E-state index is 0.0529. The second kappa shape index (κ2) is 5.53. The van der Waals surface area contributed by atoms with Gasteiger partial charge in [0.2, 0.25) is 0 Å². The summed E-state index contributed by atoms with van der Waals surface area (Å²) in [5.41, 5.74) is -1.07. The van der Waals surface area contributed by atoms with Crippen molar-refractivity contribution in [3.8, 4) is 6.07 Å². The second-order valence-corrected chi connectivity index (χ2v) is 4.77. The molecule has 0 aliphatic heterocycles. The fraction of sp³-hybridized carbons (Fsp3) is 0.357. The normalized spacial score (nSPS) is 13.4. The van der Waals surface area contributed by atoms with Crippen molar-refractivity contribution in [2.45, 2.75) is 26.3 Å². The lowest BCUT2D eigenvalue weighted by molar-refractivity contribution is 0.0689. The van der Waals surface area contributed by atoms with Gasteiger partial charge in [-0.1, -0.05) is 26.0 Å². The van der Waals surface area contributed by atoms with E-state index in [1.165, 1.54) is 12.1 Å². The number of carbonyl (C=O) groups excluding carboxylic acids is 1. The minimum Gasteiger partial charge on any atom is -0.478 e. The van der Waals surface area contributed by atoms with Crippen molar-refractivity contribution in [1.82, 2.24) is 5.32 Å². The van der Waals surface area contributed by atoms with Gasteiger partial charge in [0.1, 0.15) is 5.54 Å². The molecular weight excluding hydrogens is 244 g/mol. The van der Waals surface area contributed by atoms with Gasteiger partial charge < -0.3 is 10.4 Å². The fourth-order valence-electron chi connectivity index (χ4n) is 1.47. The lowest BCUT2D eigenvalue weighted by Gasteiger charge is -2.27. The SMILES string of the molecule is CC(C)[C@](C)(C#N)NC(=O)c1ccccc1C(=O)O. The zero-order valence-corrected chi connectivity index (χ0v) is 11.1. The van der Waals surface area contributed by atoms with Crippen molar-refractivity contribution >= 4 is 11.9 Å². The van der Waals surface area contributed by atoms with Crippen molar-refractivity contribution in [2.24, 2.45) is 5.92 Å². The molecule has 2 N–H and O–H groups in total. The van der Waals surface area contributed by atoms with Crippen LogP contribution in [0.4, 0.5) is 0 Å². The van der Waals surface area contributed by atoms with E-state index in [9.17, 15) is 9.59 Å². The zero-order valence-electron chi connectivity index (χ0n) is 11.1. The number of carbonyl (C=O) groups is 2. The van der Waals surface area contributed by atoms with Crippen molar-refractivity contribution in [3.63, 3.8) is 0 Å². The molecule has 0 aromatic heterocycles. The summed E-state index contributed by atoms with van der Waals surface area (Å²) in [5.74, 6) is -1.83. The number of carboxylic acids is 1. The summed E-state index contributed by atoms with van der Waals surface area (Å²) in [6, 6.07) is 7.96. The molecule has 5 nitrogen and oxygen atoms in total. The van der Waals surface area contributed by atoms with E-state index in [1.807, 2.05) is 19.9 Å². The Balaban J connectivity index is 3.10. The number of nitrogens with one attached hydrogen (secondary N) is 1. The number of nitrogens with zero attached hydrogens (tertiary/aromatic N) is 1. The Hall–Kier alpha value is -2.35. The highest BCUT2D eigenvalue weighted by atomic mass is 16.4. The van der Waals surface area contributed by atoms with Gasteiger partial charge in [-0.2, -0.15) is 5.26 Å². The van der Waals surface area contributed by atoms with Crippen LogP contribution in [0, 0.1) is 17.2 Å². The number of aromatic carboxylic acids is 1. The third-order valence-electron chi connectivity index (χ3n) is 3.16. The average Bonchev–Trinajstić information content (AvgIpc) is 2.38. The Morgan fingerprint density at radius 2 is 1.84 bits per heavy atom. The van der Waals surface area contributed by atoms with Crippen molar-refractivity contribution < 1.29 is 14.7 Å². The highest BCUT2D eigenvalue weighted by Crippen LogP contribution is 2.17. The van der Waals surface area contributed by atoms with E-state index in [1.54, 1.807) is 19.1 Å². The summed E-state index contributed by atoms with van der Waals surface area (Å²) in [6.45, 7) is 5.23. The number of hydrogen-bond donors (Lipinski definition) is 2. The minimum atomic E-state index is -1.17. The first-order valence-corrected chi connectivity index (χ1v) is 5.88. The average molecular weight is 260 g/mol. The number of benzene rings is 1. The van der Waals surface area contributed by atoms with Gasteiger partial charge in [-0.05, 0) is 25.0 Å². The van der Waals surface area contributed by atoms with Crippen LogP contribution in [0.25, 0.3) is 0 Å². The Labute approximate surface area is 111 Å². The molecule has 0 radical (unpaired) electrons. The van der Waals surface area contributed by atoms with Crippen molar-refractivity contribution in [2.75, 3.05) is 0 Å². The van der Waals surface area contributed by atoms with Gasteiger partial charge in [0.05, 0.1) is 17.2 Å². The first-order valence-electron chi connectivity index (χ1n) is 5.88. The summed E-state index contributed by atoms with van der Waals surface area (Å²) in [5, 5.41) is 20.8. The van der Waals surface area contributed by atoms with E-state index in [0.29, 0.717) is 0 Å². The topological polar surface area (TPSA) is 90.2 Å². The molecule has 1 aromatic carbocycles. The first-order chi connectivity index (χ1) is 8.81. The van der Waals surface area contributed by atoms with E-state index < -0.39 is 17.4 Å². The number of rotatable bonds is 4. The van der Waals surface area contributed by atoms with Crippen LogP contribution >= 0.6 is 0 Å². The fourth-order valence-corrected chi connectivity index (χ4v) is 1.47. The highest BCUT2D eigenvalue weighted by Gasteiger charge is 2.31. The van der Waals surface area contributed by atoms with Gasteiger partial charge in [0, 0.05) is 0 Å². The molecule has 1 atom stereocenters. The van der Waals surface area contributed by atoms with E-state index in [-0.39, 0.29) is 17.0 Å². The molecule has 0 bridgehead atoms. The quantitative estimate of drug-likeness (QED) is 0.866. The summed E-state index contributed by atoms with van der Waals surface area (Å²) in [4.78, 5) is 23.2. The standard InChI is InChI=1S/C14H16N2O3/c1-9(2)14(3,8-15)16-12(17)10-6-4-5-7-11(10)13(18)19/h4-7,9H,1-3H3,(H,16,17)(H,18,19)/t14-/m0/s1. The Morgan fingerprint density at radius 1 is 1.32 bits per heavy atom. The Bertz CT molecular complexity index is 546. The molecular formula is C14H16N2O3. The van der Waals surface area contributed by atoms with Crippen LogP contribution in [-0.4, -0.2) is 22.5 Å². The van der Waals surface area contributed by atoms with Gasteiger partial charge in [-0.3, -0.25) is 4.79 Å². The molecule has 0 fully saturated rings. The summed E-state index contributed by atoms with van der Waals surface area (Å²) < 4.78 is 0. The Kier molecular flexibility index (Phi) is 4.28. The molecule has 0 aliphatic rings. The third kappa shape index (κ3) is 3.10. The highest BCUT2D eigenvalue weighted by molar-refractivity contribution is 6.05. The number of amides is 1. The monoisotopic (exact) mass is 260 g/mol. The van der Waals surface area contributed by atoms with E-state index in [0.717, 1.165) is 0 Å². The van der Waals surface area contributed by atoms with Gasteiger partial charge >= 0.3 is 5.97 Å². The van der Waals surface area contributed by atoms with Crippen LogP contribution in [0.2, 0.25) is 0 Å². The first kappa shape index (κ1) is 14.7. The second-order valence-electron chi connectivity index (χ2n) is 4.77. The molecule has 0 spiro atoms. The van der Waals surface area contributed by atoms with Gasteiger partial charge in [-0.25, -0.2) is 4.79 Å². The summed E-state index contributed by atoms with van der Waals surface area (Å²) >= 11 is 0. The van der Waals surface area contributed by atoms with Crippen molar-refractivity contribution in [3.05, 3.63) is 35.4 Å². The predicted molar refractivity (Wildman–Crippen MR) is 69.7 cm³/mol. The van der Waals surface area contributed by atoms with Crippen LogP contribution in [0.1, 0.15) is 41.5 Å². The van der Waals surface area contributed by atoms with Crippen LogP contribution in [0.3, 0.4) is 0 Å². The zero-order chi connectivity index (χ0) is 14.6.